The van der Waals surface area contributed by atoms with Crippen molar-refractivity contribution in [2.75, 3.05) is 19.4 Å². The number of thioether (sulfide) groups is 1. The highest BCUT2D eigenvalue weighted by Gasteiger charge is 2.13. The fourth-order valence-electron chi connectivity index (χ4n) is 2.61. The second-order valence-electron chi connectivity index (χ2n) is 6.11. The van der Waals surface area contributed by atoms with Crippen LogP contribution >= 0.6 is 11.8 Å². The van der Waals surface area contributed by atoms with Gasteiger partial charge in [0.1, 0.15) is 11.6 Å². The molecule has 3 rings (SSSR count). The van der Waals surface area contributed by atoms with Crippen LogP contribution in [0.1, 0.15) is 5.56 Å². The molecule has 0 aliphatic heterocycles. The predicted octanol–water partition coefficient (Wildman–Crippen LogP) is 3.08. The van der Waals surface area contributed by atoms with Crippen molar-refractivity contribution in [3.63, 3.8) is 0 Å². The Morgan fingerprint density at radius 2 is 1.86 bits per heavy atom. The molecule has 0 saturated carbocycles. The molecule has 146 valence electrons. The average Bonchev–Trinajstić information content (AvgIpc) is 3.08. The summed E-state index contributed by atoms with van der Waals surface area (Å²) >= 11 is 1.31. The topological polar surface area (TPSA) is 69.0 Å². The maximum absolute atomic E-state index is 13.1. The van der Waals surface area contributed by atoms with Crippen molar-refractivity contribution in [2.45, 2.75) is 11.6 Å². The molecule has 1 amide bonds. The normalized spacial score (nSPS) is 10.7. The summed E-state index contributed by atoms with van der Waals surface area (Å²) in [6.07, 6.45) is 0.749. The lowest BCUT2D eigenvalue weighted by atomic mass is 10.1. The third kappa shape index (κ3) is 5.10. The molecule has 0 spiro atoms. The number of ether oxygens (including phenoxy) is 1. The van der Waals surface area contributed by atoms with Gasteiger partial charge in [0.25, 0.3) is 0 Å². The fourth-order valence-corrected chi connectivity index (χ4v) is 3.35. The molecule has 0 aliphatic carbocycles. The van der Waals surface area contributed by atoms with Gasteiger partial charge in [-0.1, -0.05) is 23.9 Å². The zero-order valence-electron chi connectivity index (χ0n) is 15.7. The number of aromatic nitrogens is 3. The molecule has 0 aliphatic rings. The van der Waals surface area contributed by atoms with Gasteiger partial charge >= 0.3 is 0 Å². The molecule has 0 fully saturated rings. The van der Waals surface area contributed by atoms with E-state index in [0.29, 0.717) is 17.5 Å². The van der Waals surface area contributed by atoms with Crippen LogP contribution in [0.15, 0.2) is 53.7 Å². The predicted molar refractivity (Wildman–Crippen MR) is 107 cm³/mol. The molecule has 0 saturated heterocycles. The van der Waals surface area contributed by atoms with Crippen molar-refractivity contribution in [2.24, 2.45) is 7.05 Å². The number of rotatable bonds is 8. The van der Waals surface area contributed by atoms with E-state index >= 15 is 0 Å². The Balaban J connectivity index is 1.47. The molecular weight excluding hydrogens is 379 g/mol. The fraction of sp³-hybridized carbons (Fsp3) is 0.250. The lowest BCUT2D eigenvalue weighted by molar-refractivity contribution is -0.118. The number of amides is 1. The summed E-state index contributed by atoms with van der Waals surface area (Å²) in [6, 6.07) is 13.8. The Bertz CT molecular complexity index is 926. The lowest BCUT2D eigenvalue weighted by Crippen LogP contribution is -2.27. The van der Waals surface area contributed by atoms with Crippen LogP contribution in [0.3, 0.4) is 0 Å². The minimum atomic E-state index is -0.299. The number of carbonyl (C=O) groups is 1. The number of halogens is 1. The highest BCUT2D eigenvalue weighted by Crippen LogP contribution is 2.22. The maximum atomic E-state index is 13.1. The zero-order chi connectivity index (χ0) is 19.9. The molecule has 2 aromatic carbocycles. The van der Waals surface area contributed by atoms with Crippen LogP contribution in [-0.2, 0) is 18.3 Å². The summed E-state index contributed by atoms with van der Waals surface area (Å²) in [7, 11) is 3.45. The van der Waals surface area contributed by atoms with Crippen LogP contribution in [0.2, 0.25) is 0 Å². The van der Waals surface area contributed by atoms with Crippen LogP contribution < -0.4 is 10.1 Å². The second-order valence-corrected chi connectivity index (χ2v) is 7.05. The first-order valence-corrected chi connectivity index (χ1v) is 9.73. The molecule has 0 bridgehead atoms. The number of benzene rings is 2. The summed E-state index contributed by atoms with van der Waals surface area (Å²) in [5.41, 5.74) is 1.90. The van der Waals surface area contributed by atoms with Gasteiger partial charge in [0.15, 0.2) is 11.0 Å². The molecule has 0 unspecified atom stereocenters. The summed E-state index contributed by atoms with van der Waals surface area (Å²) < 4.78 is 20.0. The van der Waals surface area contributed by atoms with E-state index in [9.17, 15) is 9.18 Å². The first kappa shape index (κ1) is 19.9. The second kappa shape index (κ2) is 9.36. The minimum absolute atomic E-state index is 0.0650. The monoisotopic (exact) mass is 400 g/mol. The quantitative estimate of drug-likeness (QED) is 0.589. The molecule has 28 heavy (non-hydrogen) atoms. The van der Waals surface area contributed by atoms with Gasteiger partial charge in [-0.25, -0.2) is 4.39 Å². The molecule has 1 heterocycles. The summed E-state index contributed by atoms with van der Waals surface area (Å²) in [5, 5.41) is 11.8. The largest absolute Gasteiger partial charge is 0.497 e. The summed E-state index contributed by atoms with van der Waals surface area (Å²) in [6.45, 7) is 0.561. The van der Waals surface area contributed by atoms with Gasteiger partial charge in [-0.3, -0.25) is 4.79 Å². The van der Waals surface area contributed by atoms with E-state index in [1.807, 2.05) is 31.3 Å². The smallest absolute Gasteiger partial charge is 0.230 e. The van der Waals surface area contributed by atoms with E-state index in [0.717, 1.165) is 23.3 Å². The van der Waals surface area contributed by atoms with E-state index in [-0.39, 0.29) is 17.5 Å². The van der Waals surface area contributed by atoms with E-state index in [1.54, 1.807) is 23.8 Å². The van der Waals surface area contributed by atoms with Crippen LogP contribution in [0.5, 0.6) is 5.75 Å². The van der Waals surface area contributed by atoms with Gasteiger partial charge in [0.05, 0.1) is 12.9 Å². The van der Waals surface area contributed by atoms with Crippen molar-refractivity contribution >= 4 is 17.7 Å². The molecule has 1 N–H and O–H groups in total. The van der Waals surface area contributed by atoms with E-state index in [2.05, 4.69) is 15.5 Å². The third-order valence-electron chi connectivity index (χ3n) is 4.16. The van der Waals surface area contributed by atoms with E-state index < -0.39 is 0 Å². The summed E-state index contributed by atoms with van der Waals surface area (Å²) in [5.74, 6) is 1.32. The number of carbonyl (C=O) groups excluding carboxylic acids is 1. The molecule has 1 aromatic heterocycles. The lowest BCUT2D eigenvalue weighted by Gasteiger charge is -2.06. The Labute approximate surface area is 167 Å². The maximum Gasteiger partial charge on any atom is 0.230 e. The first-order valence-electron chi connectivity index (χ1n) is 8.74. The standard InChI is InChI=1S/C20H21FN4O2S/c1-25-19(15-5-7-16(21)8-6-15)23-24-20(25)28-13-18(26)22-12-11-14-3-9-17(27-2)10-4-14/h3-10H,11-13H2,1-2H3,(H,22,26). The number of nitrogens with zero attached hydrogens (tertiary/aromatic N) is 3. The average molecular weight is 400 g/mol. The highest BCUT2D eigenvalue weighted by molar-refractivity contribution is 7.99. The van der Waals surface area contributed by atoms with E-state index in [1.165, 1.54) is 23.9 Å². The van der Waals surface area contributed by atoms with Crippen molar-refractivity contribution < 1.29 is 13.9 Å². The highest BCUT2D eigenvalue weighted by atomic mass is 32.2. The Morgan fingerprint density at radius 3 is 2.54 bits per heavy atom. The van der Waals surface area contributed by atoms with Crippen LogP contribution in [0, 0.1) is 5.82 Å². The van der Waals surface area contributed by atoms with Gasteiger partial charge in [0.2, 0.25) is 5.91 Å². The summed E-state index contributed by atoms with van der Waals surface area (Å²) in [4.78, 5) is 12.1. The first-order chi connectivity index (χ1) is 13.6. The third-order valence-corrected chi connectivity index (χ3v) is 5.18. The van der Waals surface area contributed by atoms with Crippen molar-refractivity contribution in [3.05, 3.63) is 59.9 Å². The number of hydrogen-bond acceptors (Lipinski definition) is 5. The molecule has 8 heteroatoms. The number of methoxy groups -OCH3 is 1. The van der Waals surface area contributed by atoms with Crippen LogP contribution in [0.4, 0.5) is 4.39 Å². The van der Waals surface area contributed by atoms with Gasteiger partial charge < -0.3 is 14.6 Å². The van der Waals surface area contributed by atoms with Gasteiger partial charge in [-0.05, 0) is 48.4 Å². The van der Waals surface area contributed by atoms with Crippen LogP contribution in [-0.4, -0.2) is 40.1 Å². The van der Waals surface area contributed by atoms with Crippen molar-refractivity contribution in [3.8, 4) is 17.1 Å². The molecular formula is C20H21FN4O2S. The SMILES string of the molecule is COc1ccc(CCNC(=O)CSc2nnc(-c3ccc(F)cc3)n2C)cc1. The Hall–Kier alpha value is -2.87. The Kier molecular flexibility index (Phi) is 6.65. The molecule has 3 aromatic rings. The van der Waals surface area contributed by atoms with Gasteiger partial charge in [-0.2, -0.15) is 0 Å². The number of nitrogens with one attached hydrogen (secondary N) is 1. The van der Waals surface area contributed by atoms with Gasteiger partial charge in [0, 0.05) is 19.2 Å². The zero-order valence-corrected chi connectivity index (χ0v) is 16.5. The van der Waals surface area contributed by atoms with Crippen molar-refractivity contribution in [1.29, 1.82) is 0 Å². The molecule has 0 radical (unpaired) electrons. The molecule has 0 atom stereocenters. The molecule has 6 nitrogen and oxygen atoms in total. The van der Waals surface area contributed by atoms with Crippen LogP contribution in [0.25, 0.3) is 11.4 Å². The van der Waals surface area contributed by atoms with Gasteiger partial charge in [-0.15, -0.1) is 10.2 Å². The minimum Gasteiger partial charge on any atom is -0.497 e. The number of hydrogen-bond donors (Lipinski definition) is 1. The van der Waals surface area contributed by atoms with Crippen molar-refractivity contribution in [1.82, 2.24) is 20.1 Å². The Morgan fingerprint density at radius 1 is 1.14 bits per heavy atom. The van der Waals surface area contributed by atoms with E-state index in [4.69, 9.17) is 4.74 Å².